The highest BCUT2D eigenvalue weighted by Crippen LogP contribution is 2.27. The third kappa shape index (κ3) is 3.64. The fraction of sp³-hybridized carbons (Fsp3) is 0.273. The molecule has 146 valence electrons. The second kappa shape index (κ2) is 8.27. The van der Waals surface area contributed by atoms with Crippen LogP contribution in [0.4, 0.5) is 0 Å². The number of aromatic nitrogens is 1. The summed E-state index contributed by atoms with van der Waals surface area (Å²) in [5.74, 6) is -0.884. The number of allylic oxidation sites excluding steroid dienone is 1. The molecule has 0 amide bonds. The Labute approximate surface area is 163 Å². The molecule has 6 nitrogen and oxygen atoms in total. The molecule has 6 heteroatoms. The van der Waals surface area contributed by atoms with Gasteiger partial charge in [-0.1, -0.05) is 24.3 Å². The van der Waals surface area contributed by atoms with E-state index in [-0.39, 0.29) is 24.8 Å². The molecule has 0 radical (unpaired) electrons. The smallest absolute Gasteiger partial charge is 0.375 e. The van der Waals surface area contributed by atoms with Gasteiger partial charge in [-0.3, -0.25) is 4.79 Å². The van der Waals surface area contributed by atoms with Crippen LogP contribution in [0.15, 0.2) is 47.4 Å². The predicted molar refractivity (Wildman–Crippen MR) is 106 cm³/mol. The van der Waals surface area contributed by atoms with Crippen molar-refractivity contribution >= 4 is 22.7 Å². The molecule has 0 aliphatic carbocycles. The Morgan fingerprint density at radius 1 is 1.25 bits per heavy atom. The van der Waals surface area contributed by atoms with Gasteiger partial charge in [0.25, 0.3) is 0 Å². The number of ketones is 1. The maximum absolute atomic E-state index is 12.6. The molecule has 0 aliphatic heterocycles. The third-order valence-corrected chi connectivity index (χ3v) is 4.69. The molecule has 2 heterocycles. The minimum absolute atomic E-state index is 0.0629. The summed E-state index contributed by atoms with van der Waals surface area (Å²) in [6.45, 7) is 7.98. The standard InChI is InChI=1S/C22H23NO5/c1-5-10-23-14(2)11-17(15(23)3)19(24)13-27-22(25)21-18(12-26-4)16-8-6-7-9-20(16)28-21/h5-9,11H,1,10,12-13H2,2-4H3. The minimum Gasteiger partial charge on any atom is -0.451 e. The van der Waals surface area contributed by atoms with E-state index in [4.69, 9.17) is 13.9 Å². The molecule has 0 spiro atoms. The van der Waals surface area contributed by atoms with Crippen molar-refractivity contribution in [3.8, 4) is 0 Å². The summed E-state index contributed by atoms with van der Waals surface area (Å²) in [7, 11) is 1.54. The summed E-state index contributed by atoms with van der Waals surface area (Å²) >= 11 is 0. The summed E-state index contributed by atoms with van der Waals surface area (Å²) < 4.78 is 18.1. The Morgan fingerprint density at radius 2 is 2.00 bits per heavy atom. The van der Waals surface area contributed by atoms with Crippen LogP contribution in [-0.4, -0.2) is 30.0 Å². The number of methoxy groups -OCH3 is 1. The number of para-hydroxylation sites is 1. The average molecular weight is 381 g/mol. The van der Waals surface area contributed by atoms with Crippen LogP contribution in [0, 0.1) is 13.8 Å². The quantitative estimate of drug-likeness (QED) is 0.332. The minimum atomic E-state index is -0.684. The maximum atomic E-state index is 12.6. The topological polar surface area (TPSA) is 70.7 Å². The number of furan rings is 1. The van der Waals surface area contributed by atoms with E-state index in [0.29, 0.717) is 23.3 Å². The first-order valence-electron chi connectivity index (χ1n) is 8.95. The Hall–Kier alpha value is -3.12. The van der Waals surface area contributed by atoms with Gasteiger partial charge in [-0.25, -0.2) is 4.79 Å². The van der Waals surface area contributed by atoms with E-state index in [9.17, 15) is 9.59 Å². The van der Waals surface area contributed by atoms with Gasteiger partial charge >= 0.3 is 5.97 Å². The van der Waals surface area contributed by atoms with Gasteiger partial charge in [-0.05, 0) is 26.0 Å². The molecular formula is C22H23NO5. The summed E-state index contributed by atoms with van der Waals surface area (Å²) in [4.78, 5) is 25.1. The third-order valence-electron chi connectivity index (χ3n) is 4.69. The van der Waals surface area contributed by atoms with Crippen molar-refractivity contribution in [2.75, 3.05) is 13.7 Å². The normalized spacial score (nSPS) is 11.0. The Kier molecular flexibility index (Phi) is 5.80. The van der Waals surface area contributed by atoms with Gasteiger partial charge in [0.1, 0.15) is 5.58 Å². The van der Waals surface area contributed by atoms with Crippen molar-refractivity contribution < 1.29 is 23.5 Å². The van der Waals surface area contributed by atoms with Crippen LogP contribution in [0.5, 0.6) is 0 Å². The van der Waals surface area contributed by atoms with E-state index >= 15 is 0 Å². The lowest BCUT2D eigenvalue weighted by Crippen LogP contribution is -2.15. The van der Waals surface area contributed by atoms with Crippen LogP contribution >= 0.6 is 0 Å². The Morgan fingerprint density at radius 3 is 2.71 bits per heavy atom. The number of carbonyl (C=O) groups excluding carboxylic acids is 2. The molecule has 28 heavy (non-hydrogen) atoms. The van der Waals surface area contributed by atoms with Crippen LogP contribution in [-0.2, 0) is 22.6 Å². The van der Waals surface area contributed by atoms with Crippen molar-refractivity contribution in [1.82, 2.24) is 4.57 Å². The summed E-state index contributed by atoms with van der Waals surface area (Å²) in [6, 6.07) is 9.09. The van der Waals surface area contributed by atoms with Crippen molar-refractivity contribution in [3.05, 3.63) is 71.3 Å². The SMILES string of the molecule is C=CCn1c(C)cc(C(=O)COC(=O)c2oc3ccccc3c2COC)c1C. The second-order valence-corrected chi connectivity index (χ2v) is 6.52. The Balaban J connectivity index is 1.78. The zero-order chi connectivity index (χ0) is 20.3. The average Bonchev–Trinajstić information content (AvgIpc) is 3.19. The van der Waals surface area contributed by atoms with E-state index in [2.05, 4.69) is 6.58 Å². The monoisotopic (exact) mass is 381 g/mol. The number of Topliss-reactive ketones (excluding diaryl/α,β-unsaturated/α-hetero) is 1. The van der Waals surface area contributed by atoms with E-state index in [1.807, 2.05) is 36.6 Å². The number of benzene rings is 1. The number of aryl methyl sites for hydroxylation is 1. The highest BCUT2D eigenvalue weighted by Gasteiger charge is 2.23. The van der Waals surface area contributed by atoms with Crippen LogP contribution < -0.4 is 0 Å². The molecule has 0 bridgehead atoms. The summed E-state index contributed by atoms with van der Waals surface area (Å²) in [5, 5.41) is 0.788. The largest absolute Gasteiger partial charge is 0.451 e. The number of hydrogen-bond donors (Lipinski definition) is 0. The molecule has 0 N–H and O–H groups in total. The van der Waals surface area contributed by atoms with Gasteiger partial charge in [0, 0.05) is 41.6 Å². The zero-order valence-corrected chi connectivity index (χ0v) is 16.3. The molecule has 2 aromatic heterocycles. The highest BCUT2D eigenvalue weighted by molar-refractivity contribution is 6.01. The maximum Gasteiger partial charge on any atom is 0.375 e. The lowest BCUT2D eigenvalue weighted by molar-refractivity contribution is 0.0441. The molecule has 0 atom stereocenters. The molecule has 0 unspecified atom stereocenters. The van der Waals surface area contributed by atoms with E-state index < -0.39 is 5.97 Å². The van der Waals surface area contributed by atoms with Gasteiger partial charge in [0.05, 0.1) is 6.61 Å². The van der Waals surface area contributed by atoms with Crippen LogP contribution in [0.2, 0.25) is 0 Å². The summed E-state index contributed by atoms with van der Waals surface area (Å²) in [5.41, 5.74) is 3.49. The zero-order valence-electron chi connectivity index (χ0n) is 16.3. The first-order valence-corrected chi connectivity index (χ1v) is 8.95. The first kappa shape index (κ1) is 19.6. The lowest BCUT2D eigenvalue weighted by atomic mass is 10.1. The predicted octanol–water partition coefficient (Wildman–Crippen LogP) is 4.22. The van der Waals surface area contributed by atoms with Gasteiger partial charge in [-0.15, -0.1) is 6.58 Å². The number of esters is 1. The summed E-state index contributed by atoms with van der Waals surface area (Å²) in [6.07, 6.45) is 1.77. The van der Waals surface area contributed by atoms with Crippen LogP contribution in [0.1, 0.15) is 37.9 Å². The van der Waals surface area contributed by atoms with Gasteiger partial charge in [0.2, 0.25) is 11.5 Å². The number of nitrogens with zero attached hydrogens (tertiary/aromatic N) is 1. The number of carbonyl (C=O) groups is 2. The van der Waals surface area contributed by atoms with Crippen molar-refractivity contribution in [2.45, 2.75) is 27.0 Å². The van der Waals surface area contributed by atoms with E-state index in [0.717, 1.165) is 16.8 Å². The van der Waals surface area contributed by atoms with Gasteiger partial charge in [0.15, 0.2) is 6.61 Å². The van der Waals surface area contributed by atoms with Crippen molar-refractivity contribution in [3.63, 3.8) is 0 Å². The van der Waals surface area contributed by atoms with Gasteiger partial charge in [-0.2, -0.15) is 0 Å². The number of hydrogen-bond acceptors (Lipinski definition) is 5. The highest BCUT2D eigenvalue weighted by atomic mass is 16.5. The fourth-order valence-corrected chi connectivity index (χ4v) is 3.32. The molecule has 3 aromatic rings. The van der Waals surface area contributed by atoms with Crippen molar-refractivity contribution in [1.29, 1.82) is 0 Å². The van der Waals surface area contributed by atoms with Gasteiger partial charge < -0.3 is 18.5 Å². The molecule has 3 rings (SSSR count). The molecular weight excluding hydrogens is 358 g/mol. The number of ether oxygens (including phenoxy) is 2. The number of rotatable bonds is 8. The fourth-order valence-electron chi connectivity index (χ4n) is 3.32. The first-order chi connectivity index (χ1) is 13.5. The number of fused-ring (bicyclic) bond motifs is 1. The molecule has 0 fully saturated rings. The lowest BCUT2D eigenvalue weighted by Gasteiger charge is -2.07. The second-order valence-electron chi connectivity index (χ2n) is 6.52. The molecule has 1 aromatic carbocycles. The van der Waals surface area contributed by atoms with E-state index in [1.54, 1.807) is 25.3 Å². The van der Waals surface area contributed by atoms with E-state index in [1.165, 1.54) is 0 Å². The molecule has 0 saturated heterocycles. The molecule has 0 saturated carbocycles. The van der Waals surface area contributed by atoms with Crippen molar-refractivity contribution in [2.24, 2.45) is 0 Å². The van der Waals surface area contributed by atoms with Crippen LogP contribution in [0.25, 0.3) is 11.0 Å². The van der Waals surface area contributed by atoms with Crippen LogP contribution in [0.3, 0.4) is 0 Å². The Bertz CT molecular complexity index is 1040. The molecule has 0 aliphatic rings.